The Bertz CT molecular complexity index is 986. The Morgan fingerprint density at radius 3 is 1.83 bits per heavy atom. The molecular weight excluding hydrogens is 350 g/mol. The van der Waals surface area contributed by atoms with Gasteiger partial charge in [0.05, 0.1) is 0 Å². The molecule has 0 saturated carbocycles. The molecule has 0 fully saturated rings. The lowest BCUT2D eigenvalue weighted by molar-refractivity contribution is 0.590. The Morgan fingerprint density at radius 2 is 1.28 bits per heavy atom. The summed E-state index contributed by atoms with van der Waals surface area (Å²) >= 11 is 0. The van der Waals surface area contributed by atoms with Gasteiger partial charge in [0.2, 0.25) is 0 Å². The van der Waals surface area contributed by atoms with Crippen LogP contribution in [0.25, 0.3) is 22.3 Å². The third kappa shape index (κ3) is 4.40. The molecule has 1 heteroatoms. The van der Waals surface area contributed by atoms with Crippen molar-refractivity contribution in [3.05, 3.63) is 77.4 Å². The summed E-state index contributed by atoms with van der Waals surface area (Å²) in [5.74, 6) is 0.850. The summed E-state index contributed by atoms with van der Waals surface area (Å²) < 4.78 is 0. The lowest BCUT2D eigenvalue weighted by atomic mass is 9.83. The maximum atomic E-state index is 6.25. The topological polar surface area (TPSA) is 26.0 Å². The van der Waals surface area contributed by atoms with E-state index in [4.69, 9.17) is 5.73 Å². The van der Waals surface area contributed by atoms with Crippen molar-refractivity contribution in [3.8, 4) is 22.3 Å². The van der Waals surface area contributed by atoms with Crippen LogP contribution in [0, 0.1) is 0 Å². The molecule has 0 unspecified atom stereocenters. The van der Waals surface area contributed by atoms with Crippen LogP contribution in [0.4, 0.5) is 5.69 Å². The molecule has 29 heavy (non-hydrogen) atoms. The van der Waals surface area contributed by atoms with Gasteiger partial charge in [-0.25, -0.2) is 0 Å². The van der Waals surface area contributed by atoms with E-state index in [1.54, 1.807) is 0 Å². The molecule has 0 aromatic heterocycles. The van der Waals surface area contributed by atoms with Gasteiger partial charge in [-0.05, 0) is 68.3 Å². The van der Waals surface area contributed by atoms with Crippen LogP contribution in [0.5, 0.6) is 0 Å². The normalized spacial score (nSPS) is 12.0. The van der Waals surface area contributed by atoms with E-state index in [0.29, 0.717) is 11.8 Å². The zero-order chi connectivity index (χ0) is 21.3. The molecule has 0 aliphatic carbocycles. The SMILES string of the molecule is CC(C)c1cc(-c2cccc(C(C)C)c2-c2ccc(C(C)(C)C)cc2)ccc1N. The number of anilines is 1. The van der Waals surface area contributed by atoms with Crippen molar-refractivity contribution in [2.24, 2.45) is 0 Å². The van der Waals surface area contributed by atoms with E-state index < -0.39 is 0 Å². The molecule has 3 aromatic carbocycles. The van der Waals surface area contributed by atoms with E-state index in [9.17, 15) is 0 Å². The smallest absolute Gasteiger partial charge is 0.0349 e. The van der Waals surface area contributed by atoms with E-state index in [-0.39, 0.29) is 5.41 Å². The minimum Gasteiger partial charge on any atom is -0.398 e. The van der Waals surface area contributed by atoms with Crippen LogP contribution in [-0.2, 0) is 5.41 Å². The third-order valence-corrected chi connectivity index (χ3v) is 5.78. The highest BCUT2D eigenvalue weighted by Gasteiger charge is 2.18. The third-order valence-electron chi connectivity index (χ3n) is 5.78. The first kappa shape index (κ1) is 21.2. The van der Waals surface area contributed by atoms with Gasteiger partial charge < -0.3 is 5.73 Å². The first-order chi connectivity index (χ1) is 13.6. The maximum Gasteiger partial charge on any atom is 0.0349 e. The van der Waals surface area contributed by atoms with Crippen LogP contribution in [0.15, 0.2) is 60.7 Å². The van der Waals surface area contributed by atoms with Gasteiger partial charge >= 0.3 is 0 Å². The molecule has 2 N–H and O–H groups in total. The molecule has 0 aliphatic rings. The van der Waals surface area contributed by atoms with Gasteiger partial charge in [0.1, 0.15) is 0 Å². The van der Waals surface area contributed by atoms with Crippen molar-refractivity contribution in [2.45, 2.75) is 65.7 Å². The molecule has 3 aromatic rings. The van der Waals surface area contributed by atoms with Gasteiger partial charge in [-0.15, -0.1) is 0 Å². The number of nitrogen functional groups attached to an aromatic ring is 1. The van der Waals surface area contributed by atoms with Crippen LogP contribution in [0.2, 0.25) is 0 Å². The molecule has 0 atom stereocenters. The zero-order valence-corrected chi connectivity index (χ0v) is 19.0. The molecule has 0 bridgehead atoms. The molecule has 0 amide bonds. The van der Waals surface area contributed by atoms with Crippen LogP contribution in [-0.4, -0.2) is 0 Å². The summed E-state index contributed by atoms with van der Waals surface area (Å²) in [5, 5.41) is 0. The van der Waals surface area contributed by atoms with Crippen LogP contribution >= 0.6 is 0 Å². The van der Waals surface area contributed by atoms with Crippen LogP contribution in [0.3, 0.4) is 0 Å². The van der Waals surface area contributed by atoms with Gasteiger partial charge in [-0.3, -0.25) is 0 Å². The number of nitrogens with two attached hydrogens (primary N) is 1. The molecule has 1 nitrogen and oxygen atoms in total. The Morgan fingerprint density at radius 1 is 0.690 bits per heavy atom. The first-order valence-corrected chi connectivity index (χ1v) is 10.7. The number of benzene rings is 3. The van der Waals surface area contributed by atoms with E-state index in [1.807, 2.05) is 0 Å². The monoisotopic (exact) mass is 385 g/mol. The fourth-order valence-corrected chi connectivity index (χ4v) is 3.99. The quantitative estimate of drug-likeness (QED) is 0.450. The van der Waals surface area contributed by atoms with E-state index >= 15 is 0 Å². The van der Waals surface area contributed by atoms with Gasteiger partial charge in [0, 0.05) is 5.69 Å². The first-order valence-electron chi connectivity index (χ1n) is 10.7. The standard InChI is InChI=1S/C28H35N/c1-18(2)23-9-8-10-24(21-13-16-26(29)25(17-21)19(3)4)27(23)20-11-14-22(15-12-20)28(5,6)7/h8-19H,29H2,1-7H3. The predicted molar refractivity (Wildman–Crippen MR) is 129 cm³/mol. The van der Waals surface area contributed by atoms with Crippen molar-refractivity contribution in [1.82, 2.24) is 0 Å². The Hall–Kier alpha value is -2.54. The lowest BCUT2D eigenvalue weighted by Gasteiger charge is -2.22. The van der Waals surface area contributed by atoms with Gasteiger partial charge in [0.25, 0.3) is 0 Å². The maximum absolute atomic E-state index is 6.25. The summed E-state index contributed by atoms with van der Waals surface area (Å²) in [5.41, 5.74) is 16.4. The van der Waals surface area contributed by atoms with Crippen molar-refractivity contribution < 1.29 is 0 Å². The van der Waals surface area contributed by atoms with Gasteiger partial charge in [-0.2, -0.15) is 0 Å². The summed E-state index contributed by atoms with van der Waals surface area (Å²) in [4.78, 5) is 0. The van der Waals surface area contributed by atoms with Crippen LogP contribution < -0.4 is 5.73 Å². The molecule has 0 aliphatic heterocycles. The van der Waals surface area contributed by atoms with E-state index in [0.717, 1.165) is 5.69 Å². The minimum atomic E-state index is 0.155. The molecule has 0 spiro atoms. The van der Waals surface area contributed by atoms with Crippen molar-refractivity contribution in [3.63, 3.8) is 0 Å². The average molecular weight is 386 g/mol. The summed E-state index contributed by atoms with van der Waals surface area (Å²) in [6.45, 7) is 15.7. The van der Waals surface area contributed by atoms with Gasteiger partial charge in [0.15, 0.2) is 0 Å². The summed E-state index contributed by atoms with van der Waals surface area (Å²) in [7, 11) is 0. The molecule has 0 radical (unpaired) electrons. The number of rotatable bonds is 4. The van der Waals surface area contributed by atoms with Crippen molar-refractivity contribution in [2.75, 3.05) is 5.73 Å². The Labute approximate surface area is 177 Å². The summed E-state index contributed by atoms with van der Waals surface area (Å²) in [6.07, 6.45) is 0. The minimum absolute atomic E-state index is 0.155. The largest absolute Gasteiger partial charge is 0.398 e. The van der Waals surface area contributed by atoms with Crippen molar-refractivity contribution in [1.29, 1.82) is 0 Å². The van der Waals surface area contributed by atoms with E-state index in [2.05, 4.69) is 109 Å². The molecule has 3 rings (SSSR count). The highest BCUT2D eigenvalue weighted by Crippen LogP contribution is 2.40. The number of hydrogen-bond donors (Lipinski definition) is 1. The Kier molecular flexibility index (Phi) is 5.89. The molecular formula is C28H35N. The number of hydrogen-bond acceptors (Lipinski definition) is 1. The fraction of sp³-hybridized carbons (Fsp3) is 0.357. The second kappa shape index (κ2) is 8.06. The molecule has 0 heterocycles. The zero-order valence-electron chi connectivity index (χ0n) is 19.0. The molecule has 152 valence electrons. The predicted octanol–water partition coefficient (Wildman–Crippen LogP) is 8.15. The highest BCUT2D eigenvalue weighted by molar-refractivity contribution is 5.87. The van der Waals surface area contributed by atoms with Crippen molar-refractivity contribution >= 4 is 5.69 Å². The summed E-state index contributed by atoms with van der Waals surface area (Å²) in [6, 6.07) is 22.3. The lowest BCUT2D eigenvalue weighted by Crippen LogP contribution is -2.10. The van der Waals surface area contributed by atoms with Gasteiger partial charge in [-0.1, -0.05) is 97.0 Å². The Balaban J connectivity index is 2.23. The average Bonchev–Trinajstić information content (AvgIpc) is 2.67. The second-order valence-corrected chi connectivity index (χ2v) is 9.75. The van der Waals surface area contributed by atoms with E-state index in [1.165, 1.54) is 38.9 Å². The molecule has 0 saturated heterocycles. The second-order valence-electron chi connectivity index (χ2n) is 9.75. The van der Waals surface area contributed by atoms with Crippen LogP contribution in [0.1, 0.15) is 77.0 Å². The highest BCUT2D eigenvalue weighted by atomic mass is 14.6. The fourth-order valence-electron chi connectivity index (χ4n) is 3.99.